The van der Waals surface area contributed by atoms with Crippen LogP contribution in [-0.4, -0.2) is 22.5 Å². The molecule has 4 aromatic rings. The van der Waals surface area contributed by atoms with Crippen LogP contribution in [0.3, 0.4) is 0 Å². The summed E-state index contributed by atoms with van der Waals surface area (Å²) in [6, 6.07) is 22.8. The first-order valence-electron chi connectivity index (χ1n) is 11.4. The zero-order valence-corrected chi connectivity index (χ0v) is 19.7. The zero-order valence-electron chi connectivity index (χ0n) is 19.7. The van der Waals surface area contributed by atoms with Gasteiger partial charge in [-0.1, -0.05) is 60.7 Å². The Labute approximate surface area is 203 Å². The second-order valence-corrected chi connectivity index (χ2v) is 8.80. The molecule has 3 N–H and O–H groups in total. The van der Waals surface area contributed by atoms with Crippen molar-refractivity contribution in [3.63, 3.8) is 0 Å². The molecule has 0 aliphatic heterocycles. The van der Waals surface area contributed by atoms with Crippen molar-refractivity contribution in [3.05, 3.63) is 108 Å². The lowest BCUT2D eigenvalue weighted by molar-refractivity contribution is -0.127. The van der Waals surface area contributed by atoms with E-state index in [0.717, 1.165) is 22.0 Å². The first-order chi connectivity index (χ1) is 16.8. The Hall–Kier alpha value is -4.13. The lowest BCUT2D eigenvalue weighted by Crippen LogP contribution is -2.58. The molecule has 0 spiro atoms. The third-order valence-corrected chi connectivity index (χ3v) is 6.03. The molecule has 0 aliphatic carbocycles. The van der Waals surface area contributed by atoms with Crippen LogP contribution >= 0.6 is 0 Å². The molecule has 1 aromatic heterocycles. The van der Waals surface area contributed by atoms with E-state index in [0.29, 0.717) is 5.56 Å². The Bertz CT molecular complexity index is 1300. The number of carbonyl (C=O) groups excluding carboxylic acids is 2. The topological polar surface area (TPSA) is 83.2 Å². The number of H-pyrrole nitrogens is 1. The molecule has 1 heterocycles. The summed E-state index contributed by atoms with van der Waals surface area (Å²) in [5, 5.41) is 6.77. The molecule has 0 saturated carbocycles. The SMILES string of the molecule is CC(NC(=O)C(C)(Cc1c[nH]c2ccccc12)NC(=O)OCc1ccc(F)cc1)c1ccccc1. The third kappa shape index (κ3) is 5.87. The van der Waals surface area contributed by atoms with Crippen molar-refractivity contribution in [3.8, 4) is 0 Å². The van der Waals surface area contributed by atoms with Crippen molar-refractivity contribution < 1.29 is 18.7 Å². The minimum Gasteiger partial charge on any atom is -0.445 e. The smallest absolute Gasteiger partial charge is 0.408 e. The van der Waals surface area contributed by atoms with Crippen molar-refractivity contribution >= 4 is 22.9 Å². The van der Waals surface area contributed by atoms with E-state index in [2.05, 4.69) is 15.6 Å². The highest BCUT2D eigenvalue weighted by atomic mass is 19.1. The molecule has 0 fully saturated rings. The van der Waals surface area contributed by atoms with E-state index in [-0.39, 0.29) is 30.8 Å². The summed E-state index contributed by atoms with van der Waals surface area (Å²) in [5.74, 6) is -0.702. The number of alkyl carbamates (subject to hydrolysis) is 1. The van der Waals surface area contributed by atoms with Gasteiger partial charge in [-0.05, 0) is 48.7 Å². The number of aromatic nitrogens is 1. The number of para-hydroxylation sites is 1. The average molecular weight is 474 g/mol. The maximum Gasteiger partial charge on any atom is 0.408 e. The fourth-order valence-corrected chi connectivity index (χ4v) is 4.01. The molecule has 180 valence electrons. The van der Waals surface area contributed by atoms with E-state index in [1.807, 2.05) is 67.7 Å². The maximum atomic E-state index is 13.5. The number of benzene rings is 3. The van der Waals surface area contributed by atoms with Gasteiger partial charge < -0.3 is 20.4 Å². The van der Waals surface area contributed by atoms with Crippen molar-refractivity contribution in [1.29, 1.82) is 0 Å². The van der Waals surface area contributed by atoms with E-state index < -0.39 is 11.6 Å². The minimum atomic E-state index is -1.30. The Morgan fingerprint density at radius 1 is 1.00 bits per heavy atom. The van der Waals surface area contributed by atoms with E-state index in [9.17, 15) is 14.0 Å². The second kappa shape index (κ2) is 10.4. The summed E-state index contributed by atoms with van der Waals surface area (Å²) >= 11 is 0. The van der Waals surface area contributed by atoms with Crippen molar-refractivity contribution in [2.75, 3.05) is 0 Å². The van der Waals surface area contributed by atoms with Gasteiger partial charge in [0.2, 0.25) is 5.91 Å². The molecule has 35 heavy (non-hydrogen) atoms. The van der Waals surface area contributed by atoms with Crippen molar-refractivity contribution in [2.24, 2.45) is 0 Å². The van der Waals surface area contributed by atoms with E-state index >= 15 is 0 Å². The number of nitrogens with one attached hydrogen (secondary N) is 3. The lowest BCUT2D eigenvalue weighted by atomic mass is 9.91. The quantitative estimate of drug-likeness (QED) is 0.320. The standard InChI is InChI=1S/C28H28FN3O3/c1-19(21-8-4-3-5-9-21)31-26(33)28(2,16-22-17-30-25-11-7-6-10-24(22)25)32-27(34)35-18-20-12-14-23(29)15-13-20/h3-15,17,19,30H,16,18H2,1-2H3,(H,31,33)(H,32,34). The molecular formula is C28H28FN3O3. The zero-order chi connectivity index (χ0) is 24.8. The summed E-state index contributed by atoms with van der Waals surface area (Å²) in [4.78, 5) is 29.5. The van der Waals surface area contributed by atoms with Crippen molar-refractivity contribution in [1.82, 2.24) is 15.6 Å². The van der Waals surface area contributed by atoms with Crippen LogP contribution in [0.1, 0.15) is 36.6 Å². The fourth-order valence-electron chi connectivity index (χ4n) is 4.01. The second-order valence-electron chi connectivity index (χ2n) is 8.80. The first kappa shape index (κ1) is 24.0. The predicted molar refractivity (Wildman–Crippen MR) is 133 cm³/mol. The van der Waals surface area contributed by atoms with Crippen LogP contribution in [0.15, 0.2) is 85.1 Å². The summed E-state index contributed by atoms with van der Waals surface area (Å²) in [6.45, 7) is 3.53. The summed E-state index contributed by atoms with van der Waals surface area (Å²) in [7, 11) is 0. The van der Waals surface area contributed by atoms with Gasteiger partial charge in [-0.15, -0.1) is 0 Å². The molecule has 6 nitrogen and oxygen atoms in total. The first-order valence-corrected chi connectivity index (χ1v) is 11.4. The number of amides is 2. The maximum absolute atomic E-state index is 13.5. The largest absolute Gasteiger partial charge is 0.445 e. The highest BCUT2D eigenvalue weighted by Gasteiger charge is 2.37. The monoisotopic (exact) mass is 473 g/mol. The van der Waals surface area contributed by atoms with E-state index in [1.54, 1.807) is 19.1 Å². The number of ether oxygens (including phenoxy) is 1. The average Bonchev–Trinajstić information content (AvgIpc) is 3.26. The molecule has 3 aromatic carbocycles. The number of rotatable bonds is 8. The fraction of sp³-hybridized carbons (Fsp3) is 0.214. The van der Waals surface area contributed by atoms with Crippen LogP contribution in [0.4, 0.5) is 9.18 Å². The van der Waals surface area contributed by atoms with Crippen LogP contribution in [-0.2, 0) is 22.6 Å². The summed E-state index contributed by atoms with van der Waals surface area (Å²) < 4.78 is 18.5. The van der Waals surface area contributed by atoms with Crippen LogP contribution in [0, 0.1) is 5.82 Å². The van der Waals surface area contributed by atoms with Gasteiger partial charge in [-0.25, -0.2) is 9.18 Å². The third-order valence-electron chi connectivity index (χ3n) is 6.03. The number of carbonyl (C=O) groups is 2. The molecule has 0 bridgehead atoms. The van der Waals surface area contributed by atoms with Gasteiger partial charge in [0.1, 0.15) is 18.0 Å². The van der Waals surface area contributed by atoms with E-state index in [1.165, 1.54) is 12.1 Å². The minimum absolute atomic E-state index is 0.0443. The molecule has 4 rings (SSSR count). The molecule has 0 saturated heterocycles. The highest BCUT2D eigenvalue weighted by molar-refractivity contribution is 5.91. The molecule has 2 atom stereocenters. The molecule has 0 aliphatic rings. The molecule has 7 heteroatoms. The van der Waals surface area contributed by atoms with Crippen LogP contribution in [0.2, 0.25) is 0 Å². The number of hydrogen-bond donors (Lipinski definition) is 3. The highest BCUT2D eigenvalue weighted by Crippen LogP contribution is 2.24. The van der Waals surface area contributed by atoms with Crippen molar-refractivity contribution in [2.45, 2.75) is 38.5 Å². The Morgan fingerprint density at radius 2 is 1.69 bits per heavy atom. The normalized spacial score (nSPS) is 13.6. The predicted octanol–water partition coefficient (Wildman–Crippen LogP) is 5.41. The van der Waals surface area contributed by atoms with Gasteiger partial charge >= 0.3 is 6.09 Å². The van der Waals surface area contributed by atoms with Crippen LogP contribution in [0.25, 0.3) is 10.9 Å². The summed E-state index contributed by atoms with van der Waals surface area (Å²) in [5.41, 5.74) is 2.14. The Balaban J connectivity index is 1.53. The van der Waals surface area contributed by atoms with Gasteiger partial charge in [0.05, 0.1) is 6.04 Å². The number of hydrogen-bond acceptors (Lipinski definition) is 3. The number of fused-ring (bicyclic) bond motifs is 1. The van der Waals surface area contributed by atoms with Crippen LogP contribution in [0.5, 0.6) is 0 Å². The molecule has 0 radical (unpaired) electrons. The van der Waals surface area contributed by atoms with Gasteiger partial charge in [-0.2, -0.15) is 0 Å². The Morgan fingerprint density at radius 3 is 2.43 bits per heavy atom. The van der Waals surface area contributed by atoms with Gasteiger partial charge in [0.15, 0.2) is 0 Å². The molecule has 2 unspecified atom stereocenters. The van der Waals surface area contributed by atoms with Gasteiger partial charge in [0.25, 0.3) is 0 Å². The summed E-state index contributed by atoms with van der Waals surface area (Å²) in [6.07, 6.45) is 1.36. The molecule has 2 amide bonds. The molecular weight excluding hydrogens is 445 g/mol. The van der Waals surface area contributed by atoms with Crippen LogP contribution < -0.4 is 10.6 Å². The number of halogens is 1. The Kier molecular flexibility index (Phi) is 7.15. The lowest BCUT2D eigenvalue weighted by Gasteiger charge is -2.31. The van der Waals surface area contributed by atoms with E-state index in [4.69, 9.17) is 4.74 Å². The number of aromatic amines is 1. The van der Waals surface area contributed by atoms with Gasteiger partial charge in [-0.3, -0.25) is 4.79 Å². The van der Waals surface area contributed by atoms with Gasteiger partial charge in [0, 0.05) is 23.5 Å².